The van der Waals surface area contributed by atoms with Crippen LogP contribution in [-0.4, -0.2) is 0 Å². The third-order valence-corrected chi connectivity index (χ3v) is 2.08. The number of hydrogen-bond donors (Lipinski definition) is 0. The maximum absolute atomic E-state index is 5.64. The van der Waals surface area contributed by atoms with Gasteiger partial charge in [-0.15, -0.1) is 0 Å². The van der Waals surface area contributed by atoms with Gasteiger partial charge in [-0.05, 0) is 24.3 Å². The molecule has 0 saturated carbocycles. The Labute approximate surface area is 81.7 Å². The standard InChI is InChI=1S/C12H8O2/c1-2-5-9(6-3-1)13-10-7-4-8-11-12(10)14-11/h1-8H. The lowest BCUT2D eigenvalue weighted by Crippen LogP contribution is -1.80. The van der Waals surface area contributed by atoms with E-state index in [0.717, 1.165) is 23.0 Å². The molecule has 0 fully saturated rings. The van der Waals surface area contributed by atoms with Crippen LogP contribution in [0.2, 0.25) is 0 Å². The number of ether oxygens (including phenoxy) is 2. The third kappa shape index (κ3) is 1.21. The van der Waals surface area contributed by atoms with Gasteiger partial charge in [-0.2, -0.15) is 0 Å². The minimum atomic E-state index is 0.786. The molecule has 0 aliphatic carbocycles. The first-order valence-corrected chi connectivity index (χ1v) is 4.47. The molecular formula is C12H8O2. The van der Waals surface area contributed by atoms with Gasteiger partial charge in [0.05, 0.1) is 0 Å². The van der Waals surface area contributed by atoms with Crippen LogP contribution in [0.3, 0.4) is 0 Å². The number of rotatable bonds is 2. The molecule has 2 heteroatoms. The highest BCUT2D eigenvalue weighted by Gasteiger charge is 2.25. The zero-order chi connectivity index (χ0) is 9.38. The number of para-hydroxylation sites is 2. The summed E-state index contributed by atoms with van der Waals surface area (Å²) in [4.78, 5) is 0. The fraction of sp³-hybridized carbons (Fsp3) is 0. The summed E-state index contributed by atoms with van der Waals surface area (Å²) in [6.45, 7) is 0. The van der Waals surface area contributed by atoms with E-state index in [9.17, 15) is 0 Å². The van der Waals surface area contributed by atoms with Gasteiger partial charge in [-0.3, -0.25) is 0 Å². The smallest absolute Gasteiger partial charge is 0.212 e. The molecule has 1 heterocycles. The maximum atomic E-state index is 5.64. The molecule has 0 atom stereocenters. The molecule has 0 N–H and O–H groups in total. The fourth-order valence-electron chi connectivity index (χ4n) is 1.36. The summed E-state index contributed by atoms with van der Waals surface area (Å²) in [5.74, 6) is 3.39. The molecule has 1 aliphatic rings. The van der Waals surface area contributed by atoms with Gasteiger partial charge < -0.3 is 9.47 Å². The van der Waals surface area contributed by atoms with E-state index in [-0.39, 0.29) is 0 Å². The topological polar surface area (TPSA) is 21.8 Å². The Kier molecular flexibility index (Phi) is 1.47. The molecule has 0 amide bonds. The van der Waals surface area contributed by atoms with Gasteiger partial charge in [0.2, 0.25) is 5.75 Å². The molecule has 1 aliphatic heterocycles. The van der Waals surface area contributed by atoms with Gasteiger partial charge in [0.25, 0.3) is 0 Å². The van der Waals surface area contributed by atoms with Crippen LogP contribution in [0, 0.1) is 0 Å². The molecule has 0 radical (unpaired) electrons. The Morgan fingerprint density at radius 2 is 1.71 bits per heavy atom. The van der Waals surface area contributed by atoms with Crippen molar-refractivity contribution in [1.82, 2.24) is 0 Å². The van der Waals surface area contributed by atoms with Crippen molar-refractivity contribution in [2.75, 3.05) is 0 Å². The second-order valence-corrected chi connectivity index (χ2v) is 3.10. The zero-order valence-electron chi connectivity index (χ0n) is 7.44. The molecule has 14 heavy (non-hydrogen) atoms. The summed E-state index contributed by atoms with van der Waals surface area (Å²) in [6.07, 6.45) is 0. The minimum absolute atomic E-state index is 0.786. The van der Waals surface area contributed by atoms with Crippen molar-refractivity contribution < 1.29 is 9.47 Å². The Morgan fingerprint density at radius 3 is 2.57 bits per heavy atom. The van der Waals surface area contributed by atoms with E-state index in [1.165, 1.54) is 0 Å². The van der Waals surface area contributed by atoms with Crippen molar-refractivity contribution in [1.29, 1.82) is 0 Å². The highest BCUT2D eigenvalue weighted by atomic mass is 16.6. The first-order valence-electron chi connectivity index (χ1n) is 4.47. The summed E-state index contributed by atoms with van der Waals surface area (Å²) >= 11 is 0. The van der Waals surface area contributed by atoms with Gasteiger partial charge in [0.1, 0.15) is 5.75 Å². The molecule has 0 aromatic heterocycles. The lowest BCUT2D eigenvalue weighted by molar-refractivity contribution is 0.472. The predicted molar refractivity (Wildman–Crippen MR) is 53.0 cm³/mol. The molecule has 2 nitrogen and oxygen atoms in total. The van der Waals surface area contributed by atoms with Gasteiger partial charge in [0, 0.05) is 0 Å². The summed E-state index contributed by atoms with van der Waals surface area (Å²) in [5.41, 5.74) is 0. The highest BCUT2D eigenvalue weighted by molar-refractivity contribution is 5.63. The van der Waals surface area contributed by atoms with Gasteiger partial charge in [0.15, 0.2) is 11.5 Å². The van der Waals surface area contributed by atoms with Gasteiger partial charge in [-0.25, -0.2) is 0 Å². The SMILES string of the molecule is c1ccc(Oc2cccc3c2O3)cc1. The first-order chi connectivity index (χ1) is 6.93. The molecule has 3 rings (SSSR count). The van der Waals surface area contributed by atoms with Crippen LogP contribution in [0.1, 0.15) is 0 Å². The van der Waals surface area contributed by atoms with Crippen molar-refractivity contribution in [3.8, 4) is 23.0 Å². The van der Waals surface area contributed by atoms with Crippen LogP contribution in [-0.2, 0) is 0 Å². The number of benzene rings is 2. The van der Waals surface area contributed by atoms with Crippen LogP contribution < -0.4 is 9.47 Å². The fourth-order valence-corrected chi connectivity index (χ4v) is 1.36. The van der Waals surface area contributed by atoms with Crippen LogP contribution in [0.4, 0.5) is 0 Å². The van der Waals surface area contributed by atoms with Crippen LogP contribution in [0.25, 0.3) is 0 Å². The molecule has 0 unspecified atom stereocenters. The summed E-state index contributed by atoms with van der Waals surface area (Å²) in [6, 6.07) is 15.4. The first kappa shape index (κ1) is 7.44. The number of hydrogen-bond acceptors (Lipinski definition) is 2. The van der Waals surface area contributed by atoms with Crippen LogP contribution in [0.15, 0.2) is 48.5 Å². The molecule has 2 aromatic carbocycles. The van der Waals surface area contributed by atoms with E-state index >= 15 is 0 Å². The Morgan fingerprint density at radius 1 is 0.857 bits per heavy atom. The van der Waals surface area contributed by atoms with E-state index in [2.05, 4.69) is 0 Å². The molecule has 0 bridgehead atoms. The van der Waals surface area contributed by atoms with E-state index in [1.54, 1.807) is 0 Å². The zero-order valence-corrected chi connectivity index (χ0v) is 7.44. The van der Waals surface area contributed by atoms with Crippen molar-refractivity contribution in [2.24, 2.45) is 0 Å². The minimum Gasteiger partial charge on any atom is -0.453 e. The van der Waals surface area contributed by atoms with Crippen LogP contribution >= 0.6 is 0 Å². The Balaban J connectivity index is 1.90. The quantitative estimate of drug-likeness (QED) is 0.568. The van der Waals surface area contributed by atoms with Crippen molar-refractivity contribution in [3.05, 3.63) is 48.5 Å². The monoisotopic (exact) mass is 184 g/mol. The molecule has 0 saturated heterocycles. The van der Waals surface area contributed by atoms with E-state index in [1.807, 2.05) is 48.5 Å². The Bertz CT molecular complexity index is 463. The second-order valence-electron chi connectivity index (χ2n) is 3.10. The van der Waals surface area contributed by atoms with E-state index in [0.29, 0.717) is 0 Å². The Hall–Kier alpha value is -1.96. The average Bonchev–Trinajstić information content (AvgIpc) is 2.99. The molecule has 0 spiro atoms. The largest absolute Gasteiger partial charge is 0.453 e. The maximum Gasteiger partial charge on any atom is 0.212 e. The van der Waals surface area contributed by atoms with Gasteiger partial charge >= 0.3 is 0 Å². The lowest BCUT2D eigenvalue weighted by atomic mass is 10.3. The molecule has 68 valence electrons. The highest BCUT2D eigenvalue weighted by Crippen LogP contribution is 2.53. The normalized spacial score (nSPS) is 11.4. The van der Waals surface area contributed by atoms with E-state index < -0.39 is 0 Å². The molecule has 2 aromatic rings. The van der Waals surface area contributed by atoms with Crippen LogP contribution in [0.5, 0.6) is 23.0 Å². The van der Waals surface area contributed by atoms with Crippen molar-refractivity contribution in [3.63, 3.8) is 0 Å². The summed E-state index contributed by atoms with van der Waals surface area (Å²) in [7, 11) is 0. The molecular weight excluding hydrogens is 176 g/mol. The third-order valence-electron chi connectivity index (χ3n) is 2.08. The predicted octanol–water partition coefficient (Wildman–Crippen LogP) is 3.58. The number of fused-ring (bicyclic) bond motifs is 1. The van der Waals surface area contributed by atoms with E-state index in [4.69, 9.17) is 9.47 Å². The summed E-state index contributed by atoms with van der Waals surface area (Å²) in [5, 5.41) is 0. The average molecular weight is 184 g/mol. The second kappa shape index (κ2) is 2.77. The van der Waals surface area contributed by atoms with Crippen molar-refractivity contribution >= 4 is 0 Å². The lowest BCUT2D eigenvalue weighted by Gasteiger charge is -2.01. The summed E-state index contributed by atoms with van der Waals surface area (Å²) < 4.78 is 10.9. The van der Waals surface area contributed by atoms with Crippen molar-refractivity contribution in [2.45, 2.75) is 0 Å². The van der Waals surface area contributed by atoms with Gasteiger partial charge in [-0.1, -0.05) is 24.3 Å².